The standard InChI is InChI=1S/C21H17N5O/c1-15-7-5-11-19(23-15)24-21(27)18-14-26(17-9-3-2-4-10-17)25-20(18)16-8-6-12-22-13-16/h2-14H,1H3,(H,23,24,27). The minimum atomic E-state index is -0.269. The average molecular weight is 355 g/mol. The second kappa shape index (κ2) is 7.21. The van der Waals surface area contributed by atoms with Crippen LogP contribution in [0.4, 0.5) is 5.82 Å². The number of aryl methyl sites for hydroxylation is 1. The van der Waals surface area contributed by atoms with Crippen LogP contribution in [0.25, 0.3) is 16.9 Å². The maximum absolute atomic E-state index is 12.9. The number of benzene rings is 1. The maximum atomic E-state index is 12.9. The Kier molecular flexibility index (Phi) is 4.45. The zero-order valence-corrected chi connectivity index (χ0v) is 14.7. The summed E-state index contributed by atoms with van der Waals surface area (Å²) in [5.41, 5.74) is 3.50. The predicted octanol–water partition coefficient (Wildman–Crippen LogP) is 3.89. The molecule has 0 saturated carbocycles. The molecule has 0 unspecified atom stereocenters. The highest BCUT2D eigenvalue weighted by molar-refractivity contribution is 6.07. The van der Waals surface area contributed by atoms with Crippen molar-refractivity contribution in [3.8, 4) is 16.9 Å². The molecule has 3 aromatic heterocycles. The molecule has 0 aliphatic heterocycles. The maximum Gasteiger partial charge on any atom is 0.260 e. The van der Waals surface area contributed by atoms with Crippen molar-refractivity contribution >= 4 is 11.7 Å². The number of carbonyl (C=O) groups excluding carboxylic acids is 1. The molecule has 0 spiro atoms. The van der Waals surface area contributed by atoms with Crippen LogP contribution in [0.5, 0.6) is 0 Å². The molecular weight excluding hydrogens is 338 g/mol. The minimum Gasteiger partial charge on any atom is -0.306 e. The van der Waals surface area contributed by atoms with E-state index < -0.39 is 0 Å². The number of hydrogen-bond acceptors (Lipinski definition) is 4. The number of hydrogen-bond donors (Lipinski definition) is 1. The van der Waals surface area contributed by atoms with Crippen molar-refractivity contribution in [3.63, 3.8) is 0 Å². The Bertz CT molecular complexity index is 1070. The van der Waals surface area contributed by atoms with Crippen LogP contribution in [0.1, 0.15) is 16.1 Å². The molecule has 0 atom stereocenters. The molecule has 0 aliphatic rings. The smallest absolute Gasteiger partial charge is 0.260 e. The Labute approximate surface area is 156 Å². The first kappa shape index (κ1) is 16.7. The quantitative estimate of drug-likeness (QED) is 0.603. The number of para-hydroxylation sites is 1. The Balaban J connectivity index is 1.76. The first-order valence-electron chi connectivity index (χ1n) is 8.51. The molecule has 0 bridgehead atoms. The lowest BCUT2D eigenvalue weighted by Gasteiger charge is -2.05. The normalized spacial score (nSPS) is 10.6. The second-order valence-corrected chi connectivity index (χ2v) is 6.03. The van der Waals surface area contributed by atoms with Crippen LogP contribution in [-0.4, -0.2) is 25.7 Å². The van der Waals surface area contributed by atoms with E-state index in [1.165, 1.54) is 0 Å². The summed E-state index contributed by atoms with van der Waals surface area (Å²) in [5.74, 6) is 0.235. The third-order valence-corrected chi connectivity index (χ3v) is 4.04. The number of carbonyl (C=O) groups is 1. The van der Waals surface area contributed by atoms with Gasteiger partial charge in [0.05, 0.1) is 11.3 Å². The Morgan fingerprint density at radius 3 is 2.59 bits per heavy atom. The van der Waals surface area contributed by atoms with E-state index in [0.29, 0.717) is 17.1 Å². The summed E-state index contributed by atoms with van der Waals surface area (Å²) in [6.07, 6.45) is 5.11. The van der Waals surface area contributed by atoms with E-state index in [4.69, 9.17) is 0 Å². The van der Waals surface area contributed by atoms with E-state index in [-0.39, 0.29) is 5.91 Å². The van der Waals surface area contributed by atoms with Crippen LogP contribution in [-0.2, 0) is 0 Å². The lowest BCUT2D eigenvalue weighted by molar-refractivity contribution is 0.102. The van der Waals surface area contributed by atoms with E-state index in [1.807, 2.05) is 61.5 Å². The number of amides is 1. The summed E-state index contributed by atoms with van der Waals surface area (Å²) < 4.78 is 1.70. The van der Waals surface area contributed by atoms with Crippen LogP contribution in [0.15, 0.2) is 79.3 Å². The van der Waals surface area contributed by atoms with Gasteiger partial charge in [-0.2, -0.15) is 5.10 Å². The molecule has 0 saturated heterocycles. The lowest BCUT2D eigenvalue weighted by atomic mass is 10.1. The first-order chi connectivity index (χ1) is 13.2. The number of pyridine rings is 2. The average Bonchev–Trinajstić information content (AvgIpc) is 3.15. The Morgan fingerprint density at radius 2 is 1.85 bits per heavy atom. The van der Waals surface area contributed by atoms with Crippen LogP contribution in [0.3, 0.4) is 0 Å². The summed E-state index contributed by atoms with van der Waals surface area (Å²) in [7, 11) is 0. The number of rotatable bonds is 4. The Hall–Kier alpha value is -3.80. The van der Waals surface area contributed by atoms with Crippen LogP contribution in [0.2, 0.25) is 0 Å². The largest absolute Gasteiger partial charge is 0.306 e. The van der Waals surface area contributed by atoms with Crippen molar-refractivity contribution in [1.29, 1.82) is 0 Å². The van der Waals surface area contributed by atoms with Gasteiger partial charge in [0.25, 0.3) is 5.91 Å². The first-order valence-corrected chi connectivity index (χ1v) is 8.51. The van der Waals surface area contributed by atoms with Gasteiger partial charge in [-0.3, -0.25) is 9.78 Å². The van der Waals surface area contributed by atoms with Gasteiger partial charge in [0.15, 0.2) is 0 Å². The number of anilines is 1. The van der Waals surface area contributed by atoms with Crippen molar-refractivity contribution in [2.45, 2.75) is 6.92 Å². The molecule has 0 aliphatic carbocycles. The molecule has 6 nitrogen and oxygen atoms in total. The highest BCUT2D eigenvalue weighted by Gasteiger charge is 2.19. The molecule has 1 aromatic carbocycles. The van der Waals surface area contributed by atoms with E-state index in [0.717, 1.165) is 16.9 Å². The van der Waals surface area contributed by atoms with Gasteiger partial charge in [-0.25, -0.2) is 9.67 Å². The second-order valence-electron chi connectivity index (χ2n) is 6.03. The molecule has 0 radical (unpaired) electrons. The summed E-state index contributed by atoms with van der Waals surface area (Å²) in [5, 5.41) is 7.48. The molecule has 27 heavy (non-hydrogen) atoms. The summed E-state index contributed by atoms with van der Waals surface area (Å²) >= 11 is 0. The molecule has 132 valence electrons. The third-order valence-electron chi connectivity index (χ3n) is 4.04. The van der Waals surface area contributed by atoms with Crippen molar-refractivity contribution in [1.82, 2.24) is 19.7 Å². The van der Waals surface area contributed by atoms with Gasteiger partial charge in [-0.05, 0) is 43.3 Å². The molecule has 0 fully saturated rings. The zero-order chi connectivity index (χ0) is 18.6. The molecule has 4 aromatic rings. The van der Waals surface area contributed by atoms with E-state index >= 15 is 0 Å². The predicted molar refractivity (Wildman–Crippen MR) is 104 cm³/mol. The highest BCUT2D eigenvalue weighted by atomic mass is 16.1. The summed E-state index contributed by atoms with van der Waals surface area (Å²) in [6.45, 7) is 1.88. The SMILES string of the molecule is Cc1cccc(NC(=O)c2cn(-c3ccccc3)nc2-c2cccnc2)n1. The fourth-order valence-electron chi connectivity index (χ4n) is 2.77. The molecule has 4 rings (SSSR count). The van der Waals surface area contributed by atoms with Gasteiger partial charge in [0.1, 0.15) is 11.5 Å². The topological polar surface area (TPSA) is 72.7 Å². The number of aromatic nitrogens is 4. The highest BCUT2D eigenvalue weighted by Crippen LogP contribution is 2.24. The van der Waals surface area contributed by atoms with Gasteiger partial charge in [-0.1, -0.05) is 24.3 Å². The van der Waals surface area contributed by atoms with Crippen molar-refractivity contribution in [3.05, 3.63) is 90.5 Å². The summed E-state index contributed by atoms with van der Waals surface area (Å²) in [6, 6.07) is 18.9. The van der Waals surface area contributed by atoms with E-state index in [9.17, 15) is 4.79 Å². The minimum absolute atomic E-state index is 0.269. The fraction of sp³-hybridized carbons (Fsp3) is 0.0476. The number of nitrogens with zero attached hydrogens (tertiary/aromatic N) is 4. The number of nitrogens with one attached hydrogen (secondary N) is 1. The van der Waals surface area contributed by atoms with Crippen molar-refractivity contribution < 1.29 is 4.79 Å². The van der Waals surface area contributed by atoms with Crippen molar-refractivity contribution in [2.75, 3.05) is 5.32 Å². The molecule has 1 amide bonds. The molecule has 6 heteroatoms. The lowest BCUT2D eigenvalue weighted by Crippen LogP contribution is -2.13. The van der Waals surface area contributed by atoms with Gasteiger partial charge in [0, 0.05) is 29.8 Å². The monoisotopic (exact) mass is 355 g/mol. The fourth-order valence-corrected chi connectivity index (χ4v) is 2.77. The van der Waals surface area contributed by atoms with Gasteiger partial charge in [-0.15, -0.1) is 0 Å². The van der Waals surface area contributed by atoms with Gasteiger partial charge in [0.2, 0.25) is 0 Å². The molecule has 3 heterocycles. The van der Waals surface area contributed by atoms with E-state index in [1.54, 1.807) is 29.3 Å². The van der Waals surface area contributed by atoms with Gasteiger partial charge >= 0.3 is 0 Å². The molecule has 1 N–H and O–H groups in total. The van der Waals surface area contributed by atoms with Crippen LogP contribution in [0, 0.1) is 6.92 Å². The van der Waals surface area contributed by atoms with E-state index in [2.05, 4.69) is 20.4 Å². The third kappa shape index (κ3) is 3.59. The van der Waals surface area contributed by atoms with Crippen LogP contribution < -0.4 is 5.32 Å². The Morgan fingerprint density at radius 1 is 1.00 bits per heavy atom. The molecular formula is C21H17N5O. The zero-order valence-electron chi connectivity index (χ0n) is 14.7. The summed E-state index contributed by atoms with van der Waals surface area (Å²) in [4.78, 5) is 21.4. The van der Waals surface area contributed by atoms with Crippen molar-refractivity contribution in [2.24, 2.45) is 0 Å². The van der Waals surface area contributed by atoms with Crippen LogP contribution >= 0.6 is 0 Å². The van der Waals surface area contributed by atoms with Gasteiger partial charge < -0.3 is 5.32 Å².